The minimum Gasteiger partial charge on any atom is -0.494 e. The van der Waals surface area contributed by atoms with Crippen LogP contribution in [0.3, 0.4) is 0 Å². The van der Waals surface area contributed by atoms with Crippen molar-refractivity contribution in [1.29, 1.82) is 0 Å². The zero-order valence-corrected chi connectivity index (χ0v) is 15.5. The summed E-state index contributed by atoms with van der Waals surface area (Å²) in [4.78, 5) is 39.3. The van der Waals surface area contributed by atoms with Crippen molar-refractivity contribution < 1.29 is 9.53 Å². The molecule has 0 spiro atoms. The Balaban J connectivity index is 1.96. The second-order valence-corrected chi connectivity index (χ2v) is 6.14. The molecule has 1 heterocycles. The summed E-state index contributed by atoms with van der Waals surface area (Å²) in [6.07, 6.45) is 1.57. The molecular weight excluding hydrogens is 383 g/mol. The molecule has 0 unspecified atom stereocenters. The molecule has 10 heteroatoms. The molecular formula is C16H16Cl2N4O4. The Hall–Kier alpha value is -2.58. The lowest BCUT2D eigenvalue weighted by atomic mass is 10.1. The van der Waals surface area contributed by atoms with Crippen LogP contribution in [0, 0.1) is 6.92 Å². The van der Waals surface area contributed by atoms with Crippen LogP contribution in [-0.4, -0.2) is 29.2 Å². The van der Waals surface area contributed by atoms with Gasteiger partial charge >= 0.3 is 5.69 Å². The SMILES string of the molecule is COc1c(Cl)cc(/C=N/NC(=O)CCc2c(C)[nH]c(=O)[nH]c2=O)cc1Cl. The van der Waals surface area contributed by atoms with Crippen molar-refractivity contribution in [2.45, 2.75) is 19.8 Å². The molecule has 0 saturated carbocycles. The monoisotopic (exact) mass is 398 g/mol. The largest absolute Gasteiger partial charge is 0.494 e. The zero-order valence-electron chi connectivity index (χ0n) is 14.0. The molecule has 0 saturated heterocycles. The number of benzene rings is 1. The van der Waals surface area contributed by atoms with Crippen molar-refractivity contribution in [2.75, 3.05) is 7.11 Å². The van der Waals surface area contributed by atoms with E-state index < -0.39 is 17.2 Å². The molecule has 26 heavy (non-hydrogen) atoms. The Morgan fingerprint density at radius 1 is 1.27 bits per heavy atom. The number of methoxy groups -OCH3 is 1. The van der Waals surface area contributed by atoms with Crippen LogP contribution < -0.4 is 21.4 Å². The number of H-pyrrole nitrogens is 2. The second-order valence-electron chi connectivity index (χ2n) is 5.32. The Kier molecular flexibility index (Phi) is 6.59. The summed E-state index contributed by atoms with van der Waals surface area (Å²) in [7, 11) is 1.45. The number of ether oxygens (including phenoxy) is 1. The summed E-state index contributed by atoms with van der Waals surface area (Å²) in [5.74, 6) is -0.0343. The third-order valence-electron chi connectivity index (χ3n) is 3.48. The van der Waals surface area contributed by atoms with Gasteiger partial charge in [-0.15, -0.1) is 0 Å². The summed E-state index contributed by atoms with van der Waals surface area (Å²) in [5, 5.41) is 4.46. The molecule has 2 rings (SSSR count). The van der Waals surface area contributed by atoms with Gasteiger partial charge in [-0.2, -0.15) is 5.10 Å². The molecule has 138 valence electrons. The standard InChI is InChI=1S/C16H16Cl2N4O4/c1-8-10(15(24)21-16(25)20-8)3-4-13(23)22-19-7-9-5-11(17)14(26-2)12(18)6-9/h5-7H,3-4H2,1-2H3,(H,22,23)(H2,20,21,24,25)/b19-7+. The fourth-order valence-corrected chi connectivity index (χ4v) is 2.91. The molecule has 0 fully saturated rings. The molecule has 2 aromatic rings. The zero-order chi connectivity index (χ0) is 19.3. The minimum absolute atomic E-state index is 0.0252. The number of carbonyl (C=O) groups is 1. The molecule has 0 aliphatic rings. The van der Waals surface area contributed by atoms with Gasteiger partial charge in [-0.1, -0.05) is 23.2 Å². The lowest BCUT2D eigenvalue weighted by Gasteiger charge is -2.06. The molecule has 3 N–H and O–H groups in total. The average molecular weight is 399 g/mol. The number of halogens is 2. The van der Waals surface area contributed by atoms with E-state index in [1.54, 1.807) is 19.1 Å². The van der Waals surface area contributed by atoms with Crippen LogP contribution >= 0.6 is 23.2 Å². The predicted molar refractivity (Wildman–Crippen MR) is 99.5 cm³/mol. The Bertz CT molecular complexity index is 942. The van der Waals surface area contributed by atoms with Gasteiger partial charge in [-0.3, -0.25) is 14.6 Å². The highest BCUT2D eigenvalue weighted by molar-refractivity contribution is 6.37. The maximum Gasteiger partial charge on any atom is 0.325 e. The molecule has 0 bridgehead atoms. The topological polar surface area (TPSA) is 116 Å². The third-order valence-corrected chi connectivity index (χ3v) is 4.05. The van der Waals surface area contributed by atoms with E-state index in [0.29, 0.717) is 32.6 Å². The first-order chi connectivity index (χ1) is 12.3. The molecule has 1 aromatic heterocycles. The summed E-state index contributed by atoms with van der Waals surface area (Å²) >= 11 is 12.0. The van der Waals surface area contributed by atoms with Crippen LogP contribution in [0.5, 0.6) is 5.75 Å². The highest BCUT2D eigenvalue weighted by Gasteiger charge is 2.09. The lowest BCUT2D eigenvalue weighted by molar-refractivity contribution is -0.121. The molecule has 0 atom stereocenters. The minimum atomic E-state index is -0.581. The first-order valence-electron chi connectivity index (χ1n) is 7.48. The Morgan fingerprint density at radius 2 is 1.92 bits per heavy atom. The number of hydrazone groups is 1. The Morgan fingerprint density at radius 3 is 2.50 bits per heavy atom. The first kappa shape index (κ1) is 19.7. The molecule has 1 amide bonds. The van der Waals surface area contributed by atoms with Crippen molar-refractivity contribution in [1.82, 2.24) is 15.4 Å². The van der Waals surface area contributed by atoms with Crippen molar-refractivity contribution in [3.8, 4) is 5.75 Å². The van der Waals surface area contributed by atoms with Gasteiger partial charge in [0.2, 0.25) is 5.91 Å². The van der Waals surface area contributed by atoms with Crippen LogP contribution in [0.25, 0.3) is 0 Å². The normalized spacial score (nSPS) is 10.9. The lowest BCUT2D eigenvalue weighted by Crippen LogP contribution is -2.28. The number of rotatable bonds is 6. The van der Waals surface area contributed by atoms with E-state index in [1.807, 2.05) is 0 Å². The van der Waals surface area contributed by atoms with Gasteiger partial charge in [0.05, 0.1) is 23.4 Å². The number of nitrogens with one attached hydrogen (secondary N) is 3. The van der Waals surface area contributed by atoms with Gasteiger partial charge in [0, 0.05) is 17.7 Å². The average Bonchev–Trinajstić information content (AvgIpc) is 2.53. The van der Waals surface area contributed by atoms with Gasteiger partial charge in [0.1, 0.15) is 0 Å². The van der Waals surface area contributed by atoms with E-state index in [9.17, 15) is 14.4 Å². The molecule has 1 aromatic carbocycles. The highest BCUT2D eigenvalue weighted by Crippen LogP contribution is 2.33. The predicted octanol–water partition coefficient (Wildman–Crippen LogP) is 1.77. The fourth-order valence-electron chi connectivity index (χ4n) is 2.25. The van der Waals surface area contributed by atoms with Gasteiger partial charge in [0.15, 0.2) is 5.75 Å². The summed E-state index contributed by atoms with van der Waals surface area (Å²) < 4.78 is 5.05. The number of hydrogen-bond donors (Lipinski definition) is 3. The van der Waals surface area contributed by atoms with E-state index >= 15 is 0 Å². The van der Waals surface area contributed by atoms with Crippen LogP contribution in [0.1, 0.15) is 23.2 Å². The van der Waals surface area contributed by atoms with Crippen LogP contribution in [-0.2, 0) is 11.2 Å². The fraction of sp³-hybridized carbons (Fsp3) is 0.250. The second kappa shape index (κ2) is 8.68. The Labute approximate surface area is 158 Å². The van der Waals surface area contributed by atoms with Crippen molar-refractivity contribution in [2.24, 2.45) is 5.10 Å². The number of nitrogens with zero attached hydrogens (tertiary/aromatic N) is 1. The third kappa shape index (κ3) is 4.96. The van der Waals surface area contributed by atoms with Crippen molar-refractivity contribution in [3.63, 3.8) is 0 Å². The van der Waals surface area contributed by atoms with E-state index in [4.69, 9.17) is 27.9 Å². The van der Waals surface area contributed by atoms with Crippen molar-refractivity contribution in [3.05, 3.63) is 59.8 Å². The molecule has 0 radical (unpaired) electrons. The number of carbonyl (C=O) groups excluding carboxylic acids is 1. The summed E-state index contributed by atoms with van der Waals surface area (Å²) in [6.45, 7) is 1.60. The van der Waals surface area contributed by atoms with Crippen LogP contribution in [0.4, 0.5) is 0 Å². The maximum absolute atomic E-state index is 11.8. The quantitative estimate of drug-likeness (QED) is 0.507. The number of aromatic amines is 2. The molecule has 0 aliphatic heterocycles. The van der Waals surface area contributed by atoms with E-state index in [-0.39, 0.29) is 12.8 Å². The van der Waals surface area contributed by atoms with E-state index in [0.717, 1.165) is 0 Å². The summed E-state index contributed by atoms with van der Waals surface area (Å²) in [6, 6.07) is 3.18. The highest BCUT2D eigenvalue weighted by atomic mass is 35.5. The number of aryl methyl sites for hydroxylation is 1. The van der Waals surface area contributed by atoms with Crippen molar-refractivity contribution >= 4 is 35.3 Å². The van der Waals surface area contributed by atoms with E-state index in [1.165, 1.54) is 13.3 Å². The van der Waals surface area contributed by atoms with Gasteiger partial charge in [0.25, 0.3) is 5.56 Å². The van der Waals surface area contributed by atoms with Gasteiger partial charge in [-0.25, -0.2) is 10.2 Å². The van der Waals surface area contributed by atoms with Crippen LogP contribution in [0.2, 0.25) is 10.0 Å². The molecule has 8 nitrogen and oxygen atoms in total. The number of amides is 1. The molecule has 0 aliphatic carbocycles. The number of hydrogen-bond acceptors (Lipinski definition) is 5. The maximum atomic E-state index is 11.8. The first-order valence-corrected chi connectivity index (χ1v) is 8.24. The van der Waals surface area contributed by atoms with Gasteiger partial charge in [-0.05, 0) is 31.0 Å². The summed E-state index contributed by atoms with van der Waals surface area (Å²) in [5.41, 5.74) is 2.61. The number of aromatic nitrogens is 2. The van der Waals surface area contributed by atoms with E-state index in [2.05, 4.69) is 20.5 Å². The van der Waals surface area contributed by atoms with Gasteiger partial charge < -0.3 is 9.72 Å². The smallest absolute Gasteiger partial charge is 0.325 e. The van der Waals surface area contributed by atoms with Crippen LogP contribution in [0.15, 0.2) is 26.8 Å².